The summed E-state index contributed by atoms with van der Waals surface area (Å²) in [4.78, 5) is 29.4. The second-order valence-corrected chi connectivity index (χ2v) is 6.42. The highest BCUT2D eigenvalue weighted by molar-refractivity contribution is 6.14. The minimum Gasteiger partial charge on any atom is -0.342 e. The third kappa shape index (κ3) is 1.88. The number of hydrogen-bond acceptors (Lipinski definition) is 2. The van der Waals surface area contributed by atoms with E-state index >= 15 is 0 Å². The first-order valence-electron chi connectivity index (χ1n) is 7.92. The smallest absolute Gasteiger partial charge is 0.242 e. The molecule has 2 heterocycles. The fraction of sp³-hybridized carbons (Fsp3) is 0.529. The van der Waals surface area contributed by atoms with Gasteiger partial charge in [-0.15, -0.1) is 0 Å². The summed E-state index contributed by atoms with van der Waals surface area (Å²) >= 11 is 0. The zero-order valence-electron chi connectivity index (χ0n) is 12.2. The van der Waals surface area contributed by atoms with E-state index in [4.69, 9.17) is 0 Å². The van der Waals surface area contributed by atoms with Crippen molar-refractivity contribution in [2.24, 2.45) is 5.41 Å². The molecule has 3 aliphatic rings. The molecule has 2 aliphatic heterocycles. The van der Waals surface area contributed by atoms with Crippen LogP contribution in [-0.2, 0) is 16.0 Å². The van der Waals surface area contributed by atoms with E-state index in [0.717, 1.165) is 50.9 Å². The Kier molecular flexibility index (Phi) is 2.81. The third-order valence-corrected chi connectivity index (χ3v) is 5.09. The van der Waals surface area contributed by atoms with Crippen LogP contribution in [-0.4, -0.2) is 36.3 Å². The lowest BCUT2D eigenvalue weighted by Crippen LogP contribution is -2.45. The summed E-state index contributed by atoms with van der Waals surface area (Å²) in [6.45, 7) is 2.36. The molecule has 0 aromatic heterocycles. The van der Waals surface area contributed by atoms with Gasteiger partial charge in [0.2, 0.25) is 11.8 Å². The number of likely N-dealkylation sites (tertiary alicyclic amines) is 1. The molecule has 4 nitrogen and oxygen atoms in total. The number of para-hydroxylation sites is 1. The SMILES string of the molecule is O=C(N1CCCC1)C1(C(=O)N2CCc3ccccc32)CC1. The van der Waals surface area contributed by atoms with Gasteiger partial charge in [-0.2, -0.15) is 0 Å². The Bertz CT molecular complexity index is 601. The number of benzene rings is 1. The monoisotopic (exact) mass is 284 g/mol. The van der Waals surface area contributed by atoms with E-state index in [0.29, 0.717) is 6.54 Å². The van der Waals surface area contributed by atoms with Crippen LogP contribution in [0.15, 0.2) is 24.3 Å². The van der Waals surface area contributed by atoms with Crippen LogP contribution in [0.3, 0.4) is 0 Å². The normalized spacial score (nSPS) is 22.3. The number of rotatable bonds is 2. The van der Waals surface area contributed by atoms with Gasteiger partial charge < -0.3 is 9.80 Å². The van der Waals surface area contributed by atoms with Crippen molar-refractivity contribution in [1.82, 2.24) is 4.90 Å². The average Bonchev–Trinajstić information content (AvgIpc) is 2.97. The van der Waals surface area contributed by atoms with Crippen molar-refractivity contribution >= 4 is 17.5 Å². The van der Waals surface area contributed by atoms with Crippen molar-refractivity contribution in [3.8, 4) is 0 Å². The van der Waals surface area contributed by atoms with Crippen LogP contribution in [0.4, 0.5) is 5.69 Å². The Hall–Kier alpha value is -1.84. The van der Waals surface area contributed by atoms with E-state index in [2.05, 4.69) is 6.07 Å². The molecule has 1 saturated carbocycles. The van der Waals surface area contributed by atoms with Crippen molar-refractivity contribution in [2.75, 3.05) is 24.5 Å². The quantitative estimate of drug-likeness (QED) is 0.779. The van der Waals surface area contributed by atoms with E-state index in [1.54, 1.807) is 0 Å². The van der Waals surface area contributed by atoms with Crippen LogP contribution in [0, 0.1) is 5.41 Å². The molecule has 2 fully saturated rings. The van der Waals surface area contributed by atoms with Crippen molar-refractivity contribution in [3.05, 3.63) is 29.8 Å². The van der Waals surface area contributed by atoms with Crippen molar-refractivity contribution < 1.29 is 9.59 Å². The van der Waals surface area contributed by atoms with Crippen LogP contribution in [0.5, 0.6) is 0 Å². The minimum absolute atomic E-state index is 0.0318. The molecule has 2 amide bonds. The molecule has 0 spiro atoms. The number of carbonyl (C=O) groups is 2. The van der Waals surface area contributed by atoms with Crippen molar-refractivity contribution in [2.45, 2.75) is 32.1 Å². The van der Waals surface area contributed by atoms with Crippen LogP contribution >= 0.6 is 0 Å². The highest BCUT2D eigenvalue weighted by Gasteiger charge is 2.60. The molecule has 1 aliphatic carbocycles. The van der Waals surface area contributed by atoms with E-state index in [-0.39, 0.29) is 11.8 Å². The van der Waals surface area contributed by atoms with Crippen LogP contribution in [0.1, 0.15) is 31.2 Å². The summed E-state index contributed by atoms with van der Waals surface area (Å²) in [5.41, 5.74) is 1.49. The van der Waals surface area contributed by atoms with Gasteiger partial charge in [0.25, 0.3) is 0 Å². The number of carbonyl (C=O) groups excluding carboxylic acids is 2. The summed E-state index contributed by atoms with van der Waals surface area (Å²) in [6, 6.07) is 8.04. The first-order chi connectivity index (χ1) is 10.2. The maximum absolute atomic E-state index is 13.0. The first kappa shape index (κ1) is 12.9. The molecule has 4 heteroatoms. The summed E-state index contributed by atoms with van der Waals surface area (Å²) in [5, 5.41) is 0. The molecule has 4 rings (SSSR count). The highest BCUT2D eigenvalue weighted by Crippen LogP contribution is 2.50. The first-order valence-corrected chi connectivity index (χ1v) is 7.92. The molecule has 0 radical (unpaired) electrons. The molecule has 1 aromatic rings. The Labute approximate surface area is 124 Å². The van der Waals surface area contributed by atoms with Crippen molar-refractivity contribution in [1.29, 1.82) is 0 Å². The number of fused-ring (bicyclic) bond motifs is 1. The molecular weight excluding hydrogens is 264 g/mol. The van der Waals surface area contributed by atoms with Gasteiger partial charge >= 0.3 is 0 Å². The maximum atomic E-state index is 13.0. The lowest BCUT2D eigenvalue weighted by Gasteiger charge is -2.26. The fourth-order valence-electron chi connectivity index (χ4n) is 3.67. The number of hydrogen-bond donors (Lipinski definition) is 0. The Balaban J connectivity index is 1.59. The van der Waals surface area contributed by atoms with Gasteiger partial charge in [0.1, 0.15) is 5.41 Å². The van der Waals surface area contributed by atoms with Crippen molar-refractivity contribution in [3.63, 3.8) is 0 Å². The van der Waals surface area contributed by atoms with E-state index in [1.807, 2.05) is 28.0 Å². The molecule has 0 bridgehead atoms. The van der Waals surface area contributed by atoms with Gasteiger partial charge in [0, 0.05) is 25.3 Å². The van der Waals surface area contributed by atoms with Crippen LogP contribution in [0.25, 0.3) is 0 Å². The van der Waals surface area contributed by atoms with E-state index in [9.17, 15) is 9.59 Å². The summed E-state index contributed by atoms with van der Waals surface area (Å²) in [6.07, 6.45) is 4.49. The van der Waals surface area contributed by atoms with Gasteiger partial charge in [-0.05, 0) is 43.7 Å². The van der Waals surface area contributed by atoms with Gasteiger partial charge in [-0.3, -0.25) is 9.59 Å². The molecule has 1 saturated heterocycles. The zero-order chi connectivity index (χ0) is 14.4. The topological polar surface area (TPSA) is 40.6 Å². The molecule has 0 atom stereocenters. The fourth-order valence-corrected chi connectivity index (χ4v) is 3.67. The van der Waals surface area contributed by atoms with Gasteiger partial charge in [0.05, 0.1) is 0 Å². The average molecular weight is 284 g/mol. The molecular formula is C17H20N2O2. The summed E-state index contributed by atoms with van der Waals surface area (Å²) in [5.74, 6) is 0.110. The maximum Gasteiger partial charge on any atom is 0.242 e. The van der Waals surface area contributed by atoms with Gasteiger partial charge in [0.15, 0.2) is 0 Å². The Morgan fingerprint density at radius 2 is 1.67 bits per heavy atom. The zero-order valence-corrected chi connectivity index (χ0v) is 12.2. The standard InChI is InChI=1S/C17H20N2O2/c20-15(18-10-3-4-11-18)17(8-9-17)16(21)19-12-7-13-5-1-2-6-14(13)19/h1-2,5-6H,3-4,7-12H2. The molecule has 110 valence electrons. The number of anilines is 1. The molecule has 21 heavy (non-hydrogen) atoms. The van der Waals surface area contributed by atoms with Gasteiger partial charge in [-0.25, -0.2) is 0 Å². The van der Waals surface area contributed by atoms with Crippen LogP contribution < -0.4 is 4.90 Å². The van der Waals surface area contributed by atoms with E-state index < -0.39 is 5.41 Å². The third-order valence-electron chi connectivity index (χ3n) is 5.09. The minimum atomic E-state index is -0.734. The highest BCUT2D eigenvalue weighted by atomic mass is 16.2. The second-order valence-electron chi connectivity index (χ2n) is 6.42. The largest absolute Gasteiger partial charge is 0.342 e. The Morgan fingerprint density at radius 3 is 2.38 bits per heavy atom. The summed E-state index contributed by atoms with van der Waals surface area (Å²) in [7, 11) is 0. The predicted molar refractivity (Wildman–Crippen MR) is 80.0 cm³/mol. The second kappa shape index (κ2) is 4.58. The molecule has 0 N–H and O–H groups in total. The molecule has 1 aromatic carbocycles. The lowest BCUT2D eigenvalue weighted by molar-refractivity contribution is -0.142. The molecule has 0 unspecified atom stereocenters. The van der Waals surface area contributed by atoms with Crippen LogP contribution in [0.2, 0.25) is 0 Å². The number of nitrogens with zero attached hydrogens (tertiary/aromatic N) is 2. The van der Waals surface area contributed by atoms with E-state index in [1.165, 1.54) is 5.56 Å². The lowest BCUT2D eigenvalue weighted by atomic mass is 10.0. The van der Waals surface area contributed by atoms with Gasteiger partial charge in [-0.1, -0.05) is 18.2 Å². The Morgan fingerprint density at radius 1 is 0.952 bits per heavy atom. The predicted octanol–water partition coefficient (Wildman–Crippen LogP) is 1.98. The summed E-state index contributed by atoms with van der Waals surface area (Å²) < 4.78 is 0. The number of amides is 2.